The van der Waals surface area contributed by atoms with E-state index in [1.807, 2.05) is 0 Å². The summed E-state index contributed by atoms with van der Waals surface area (Å²) >= 11 is 0. The second kappa shape index (κ2) is 9.41. The number of benzene rings is 2. The molecule has 0 aliphatic carbocycles. The molecule has 0 unspecified atom stereocenters. The van der Waals surface area contributed by atoms with Gasteiger partial charge in [0, 0.05) is 6.54 Å². The lowest BCUT2D eigenvalue weighted by atomic mass is 10.2. The molecular weight excluding hydrogens is 392 g/mol. The van der Waals surface area contributed by atoms with Crippen LogP contribution in [-0.2, 0) is 13.2 Å². The molecule has 3 N–H and O–H groups in total. The molecule has 1 aromatic heterocycles. The topological polar surface area (TPSA) is 139 Å². The summed E-state index contributed by atoms with van der Waals surface area (Å²) in [5.74, 6) is 0.205. The summed E-state index contributed by atoms with van der Waals surface area (Å²) in [7, 11) is 3.08. The number of carbonyl (C=O) groups excluding carboxylic acids is 2. The number of hydrogen-bond acceptors (Lipinski definition) is 8. The largest absolute Gasteiger partial charge is 0.493 e. The van der Waals surface area contributed by atoms with E-state index >= 15 is 0 Å². The molecule has 0 aliphatic heterocycles. The Morgan fingerprint density at radius 1 is 1.07 bits per heavy atom. The lowest BCUT2D eigenvalue weighted by Crippen LogP contribution is -2.23. The molecule has 10 nitrogen and oxygen atoms in total. The molecule has 0 aliphatic rings. The Labute approximate surface area is 171 Å². The maximum Gasteiger partial charge on any atom is 0.316 e. The van der Waals surface area contributed by atoms with E-state index in [4.69, 9.17) is 24.5 Å². The number of amides is 2. The van der Waals surface area contributed by atoms with Crippen molar-refractivity contribution in [3.8, 4) is 17.2 Å². The van der Waals surface area contributed by atoms with Gasteiger partial charge in [-0.15, -0.1) is 0 Å². The first-order valence-electron chi connectivity index (χ1n) is 8.85. The van der Waals surface area contributed by atoms with Crippen LogP contribution >= 0.6 is 0 Å². The van der Waals surface area contributed by atoms with Gasteiger partial charge in [-0.2, -0.15) is 4.98 Å². The van der Waals surface area contributed by atoms with E-state index in [1.165, 1.54) is 7.11 Å². The Morgan fingerprint density at radius 3 is 2.57 bits per heavy atom. The number of aromatic nitrogens is 2. The third kappa shape index (κ3) is 4.85. The van der Waals surface area contributed by atoms with E-state index in [2.05, 4.69) is 15.5 Å². The first kappa shape index (κ1) is 20.6. The lowest BCUT2D eigenvalue weighted by molar-refractivity contribution is 0.0906. The molecule has 0 fully saturated rings. The fraction of sp³-hybridized carbons (Fsp3) is 0.200. The molecule has 30 heavy (non-hydrogen) atoms. The Morgan fingerprint density at radius 2 is 1.83 bits per heavy atom. The van der Waals surface area contributed by atoms with Crippen molar-refractivity contribution in [2.75, 3.05) is 14.2 Å². The van der Waals surface area contributed by atoms with Gasteiger partial charge in [-0.3, -0.25) is 9.59 Å². The minimum absolute atomic E-state index is 0.100. The Bertz CT molecular complexity index is 1050. The number of carbonyl (C=O) groups is 2. The molecule has 0 atom stereocenters. The van der Waals surface area contributed by atoms with Crippen molar-refractivity contribution >= 4 is 11.8 Å². The van der Waals surface area contributed by atoms with Crippen molar-refractivity contribution in [1.82, 2.24) is 15.5 Å². The molecule has 3 aromatic rings. The third-order valence-corrected chi connectivity index (χ3v) is 4.07. The quantitative estimate of drug-likeness (QED) is 0.541. The van der Waals surface area contributed by atoms with Crippen molar-refractivity contribution in [1.29, 1.82) is 0 Å². The predicted octanol–water partition coefficient (Wildman–Crippen LogP) is 1.69. The van der Waals surface area contributed by atoms with Crippen molar-refractivity contribution in [3.63, 3.8) is 0 Å². The molecule has 0 bridgehead atoms. The van der Waals surface area contributed by atoms with Crippen LogP contribution in [0.15, 0.2) is 47.0 Å². The highest BCUT2D eigenvalue weighted by Crippen LogP contribution is 2.27. The molecule has 2 aromatic carbocycles. The summed E-state index contributed by atoms with van der Waals surface area (Å²) in [6, 6.07) is 11.8. The van der Waals surface area contributed by atoms with Crippen molar-refractivity contribution in [2.24, 2.45) is 5.73 Å². The van der Waals surface area contributed by atoms with Crippen LogP contribution in [0.1, 0.15) is 32.4 Å². The zero-order valence-corrected chi connectivity index (χ0v) is 16.4. The zero-order valence-electron chi connectivity index (χ0n) is 16.4. The van der Waals surface area contributed by atoms with Crippen LogP contribution in [-0.4, -0.2) is 36.2 Å². The number of nitrogens with one attached hydrogen (secondary N) is 1. The number of para-hydroxylation sites is 1. The van der Waals surface area contributed by atoms with E-state index in [1.54, 1.807) is 49.6 Å². The van der Waals surface area contributed by atoms with Crippen LogP contribution < -0.4 is 25.3 Å². The summed E-state index contributed by atoms with van der Waals surface area (Å²) in [5.41, 5.74) is 6.34. The molecule has 2 amide bonds. The first-order chi connectivity index (χ1) is 14.5. The molecule has 0 spiro atoms. The predicted molar refractivity (Wildman–Crippen MR) is 104 cm³/mol. The smallest absolute Gasteiger partial charge is 0.316 e. The van der Waals surface area contributed by atoms with E-state index in [9.17, 15) is 9.59 Å². The van der Waals surface area contributed by atoms with Crippen molar-refractivity contribution in [2.45, 2.75) is 13.2 Å². The fourth-order valence-electron chi connectivity index (χ4n) is 2.59. The standard InChI is InChI=1S/C20H20N4O6/c1-27-15-8-7-12(9-16(15)28-2)10-22-19(26)20-23-17(24-30-20)11-29-14-6-4-3-5-13(14)18(21)25/h3-9H,10-11H2,1-2H3,(H2,21,25)(H,22,26). The first-order valence-corrected chi connectivity index (χ1v) is 8.85. The van der Waals surface area contributed by atoms with Gasteiger partial charge in [0.1, 0.15) is 5.75 Å². The Hall–Kier alpha value is -4.08. The molecule has 1 heterocycles. The van der Waals surface area contributed by atoms with Gasteiger partial charge in [0.05, 0.1) is 19.8 Å². The summed E-state index contributed by atoms with van der Waals surface area (Å²) < 4.78 is 20.9. The third-order valence-electron chi connectivity index (χ3n) is 4.07. The number of rotatable bonds is 9. The maximum absolute atomic E-state index is 12.3. The summed E-state index contributed by atoms with van der Waals surface area (Å²) in [6.07, 6.45) is 0. The van der Waals surface area contributed by atoms with E-state index in [0.717, 1.165) is 5.56 Å². The Kier molecular flexibility index (Phi) is 6.48. The normalized spacial score (nSPS) is 10.3. The number of primary amides is 1. The monoisotopic (exact) mass is 412 g/mol. The second-order valence-electron chi connectivity index (χ2n) is 6.04. The van der Waals surface area contributed by atoms with Gasteiger partial charge < -0.3 is 29.8 Å². The second-order valence-corrected chi connectivity index (χ2v) is 6.04. The SMILES string of the molecule is COc1ccc(CNC(=O)c2nc(COc3ccccc3C(N)=O)no2)cc1OC. The van der Waals surface area contributed by atoms with Crippen LogP contribution in [0.4, 0.5) is 0 Å². The highest BCUT2D eigenvalue weighted by Gasteiger charge is 2.16. The average molecular weight is 412 g/mol. The van der Waals surface area contributed by atoms with Crippen LogP contribution in [0.3, 0.4) is 0 Å². The molecule has 3 rings (SSSR count). The van der Waals surface area contributed by atoms with Gasteiger partial charge in [-0.1, -0.05) is 23.4 Å². The number of methoxy groups -OCH3 is 2. The molecule has 0 saturated heterocycles. The molecular formula is C20H20N4O6. The van der Waals surface area contributed by atoms with Gasteiger partial charge in [0.25, 0.3) is 5.91 Å². The van der Waals surface area contributed by atoms with Gasteiger partial charge in [0.2, 0.25) is 5.82 Å². The number of nitrogens with two attached hydrogens (primary N) is 1. The van der Waals surface area contributed by atoms with Crippen LogP contribution in [0.5, 0.6) is 17.2 Å². The molecule has 156 valence electrons. The summed E-state index contributed by atoms with van der Waals surface area (Å²) in [5, 5.41) is 6.39. The van der Waals surface area contributed by atoms with Crippen molar-refractivity contribution in [3.05, 3.63) is 65.3 Å². The average Bonchev–Trinajstić information content (AvgIpc) is 3.25. The maximum atomic E-state index is 12.3. The van der Waals surface area contributed by atoms with Crippen LogP contribution in [0, 0.1) is 0 Å². The summed E-state index contributed by atoms with van der Waals surface area (Å²) in [6.45, 7) is 0.121. The van der Waals surface area contributed by atoms with Gasteiger partial charge in [-0.25, -0.2) is 0 Å². The number of nitrogens with zero attached hydrogens (tertiary/aromatic N) is 2. The molecule has 0 radical (unpaired) electrons. The van der Waals surface area contributed by atoms with Gasteiger partial charge in [-0.05, 0) is 29.8 Å². The van der Waals surface area contributed by atoms with E-state index in [-0.39, 0.29) is 36.2 Å². The fourth-order valence-corrected chi connectivity index (χ4v) is 2.59. The highest BCUT2D eigenvalue weighted by atomic mass is 16.5. The van der Waals surface area contributed by atoms with Crippen LogP contribution in [0.25, 0.3) is 0 Å². The van der Waals surface area contributed by atoms with Gasteiger partial charge in [0.15, 0.2) is 18.1 Å². The molecule has 0 saturated carbocycles. The minimum atomic E-state index is -0.617. The highest BCUT2D eigenvalue weighted by molar-refractivity contribution is 5.95. The van der Waals surface area contributed by atoms with Crippen LogP contribution in [0.2, 0.25) is 0 Å². The van der Waals surface area contributed by atoms with Gasteiger partial charge >= 0.3 is 11.8 Å². The Balaban J connectivity index is 1.58. The zero-order chi connectivity index (χ0) is 21.5. The summed E-state index contributed by atoms with van der Waals surface area (Å²) in [4.78, 5) is 27.7. The van der Waals surface area contributed by atoms with E-state index in [0.29, 0.717) is 11.5 Å². The van der Waals surface area contributed by atoms with E-state index < -0.39 is 11.8 Å². The number of hydrogen-bond donors (Lipinski definition) is 2. The number of ether oxygens (including phenoxy) is 3. The lowest BCUT2D eigenvalue weighted by Gasteiger charge is -2.09. The minimum Gasteiger partial charge on any atom is -0.493 e. The molecule has 10 heteroatoms. The van der Waals surface area contributed by atoms with Crippen molar-refractivity contribution < 1.29 is 28.3 Å².